The first-order chi connectivity index (χ1) is 11.4. The van der Waals surface area contributed by atoms with E-state index in [0.29, 0.717) is 5.69 Å². The smallest absolute Gasteiger partial charge is 0.261 e. The van der Waals surface area contributed by atoms with E-state index in [1.165, 1.54) is 12.1 Å². The van der Waals surface area contributed by atoms with Crippen LogP contribution in [-0.2, 0) is 10.0 Å². The molecule has 1 N–H and O–H groups in total. The molecule has 0 bridgehead atoms. The molecule has 5 nitrogen and oxygen atoms in total. The minimum Gasteiger partial charge on any atom is -0.369 e. The van der Waals surface area contributed by atoms with Crippen molar-refractivity contribution in [2.45, 2.75) is 4.90 Å². The van der Waals surface area contributed by atoms with Crippen LogP contribution in [0.4, 0.5) is 15.8 Å². The van der Waals surface area contributed by atoms with Crippen LogP contribution in [0.3, 0.4) is 0 Å². The number of benzene rings is 2. The van der Waals surface area contributed by atoms with Crippen molar-refractivity contribution in [3.63, 3.8) is 0 Å². The first kappa shape index (κ1) is 16.7. The van der Waals surface area contributed by atoms with Gasteiger partial charge in [0.15, 0.2) is 0 Å². The van der Waals surface area contributed by atoms with Gasteiger partial charge in [0, 0.05) is 37.6 Å². The molecular weight excluding hydrogens is 329 g/mol. The SMILES string of the molecule is CN1CCN(c2ccc(NS(=O)(=O)c3ccc(F)cc3)cc2)CC1. The van der Waals surface area contributed by atoms with Crippen molar-refractivity contribution in [1.82, 2.24) is 4.90 Å². The Morgan fingerprint density at radius 2 is 1.50 bits per heavy atom. The molecule has 24 heavy (non-hydrogen) atoms. The van der Waals surface area contributed by atoms with Crippen LogP contribution in [0.25, 0.3) is 0 Å². The summed E-state index contributed by atoms with van der Waals surface area (Å²) in [7, 11) is -1.61. The largest absolute Gasteiger partial charge is 0.369 e. The third kappa shape index (κ3) is 3.85. The van der Waals surface area contributed by atoms with Crippen molar-refractivity contribution < 1.29 is 12.8 Å². The molecule has 0 spiro atoms. The lowest BCUT2D eigenvalue weighted by atomic mass is 10.2. The molecule has 2 aromatic carbocycles. The Labute approximate surface area is 141 Å². The second-order valence-electron chi connectivity index (χ2n) is 5.90. The van der Waals surface area contributed by atoms with E-state index in [2.05, 4.69) is 21.6 Å². The number of likely N-dealkylation sites (N-methyl/N-ethyl adjacent to an activating group) is 1. The first-order valence-corrected chi connectivity index (χ1v) is 9.24. The summed E-state index contributed by atoms with van der Waals surface area (Å²) in [6.07, 6.45) is 0. The van der Waals surface area contributed by atoms with Gasteiger partial charge in [-0.05, 0) is 55.6 Å². The fourth-order valence-electron chi connectivity index (χ4n) is 2.63. The second-order valence-corrected chi connectivity index (χ2v) is 7.58. The van der Waals surface area contributed by atoms with E-state index in [4.69, 9.17) is 0 Å². The molecular formula is C17H20FN3O2S. The van der Waals surface area contributed by atoms with Crippen molar-refractivity contribution in [2.24, 2.45) is 0 Å². The van der Waals surface area contributed by atoms with Crippen molar-refractivity contribution in [3.05, 3.63) is 54.3 Å². The summed E-state index contributed by atoms with van der Waals surface area (Å²) in [4.78, 5) is 4.59. The van der Waals surface area contributed by atoms with Crippen LogP contribution in [0.15, 0.2) is 53.4 Å². The lowest BCUT2D eigenvalue weighted by molar-refractivity contribution is 0.313. The van der Waals surface area contributed by atoms with Gasteiger partial charge in [0.2, 0.25) is 0 Å². The number of anilines is 2. The molecule has 0 aliphatic carbocycles. The molecule has 1 fully saturated rings. The minimum atomic E-state index is -3.71. The number of halogens is 1. The maximum atomic E-state index is 12.9. The highest BCUT2D eigenvalue weighted by atomic mass is 32.2. The highest BCUT2D eigenvalue weighted by Gasteiger charge is 2.16. The van der Waals surface area contributed by atoms with Gasteiger partial charge in [-0.2, -0.15) is 0 Å². The Hall–Kier alpha value is -2.12. The molecule has 1 saturated heterocycles. The van der Waals surface area contributed by atoms with Crippen LogP contribution < -0.4 is 9.62 Å². The molecule has 0 amide bonds. The Bertz CT molecular complexity index is 784. The van der Waals surface area contributed by atoms with E-state index in [0.717, 1.165) is 44.0 Å². The Morgan fingerprint density at radius 3 is 2.08 bits per heavy atom. The van der Waals surface area contributed by atoms with Gasteiger partial charge in [0.25, 0.3) is 10.0 Å². The molecule has 0 radical (unpaired) electrons. The van der Waals surface area contributed by atoms with Gasteiger partial charge in [0.1, 0.15) is 5.82 Å². The fourth-order valence-corrected chi connectivity index (χ4v) is 3.69. The number of hydrogen-bond acceptors (Lipinski definition) is 4. The topological polar surface area (TPSA) is 52.6 Å². The van der Waals surface area contributed by atoms with Crippen LogP contribution in [0, 0.1) is 5.82 Å². The van der Waals surface area contributed by atoms with Crippen molar-refractivity contribution in [3.8, 4) is 0 Å². The second kappa shape index (κ2) is 6.78. The maximum absolute atomic E-state index is 12.9. The summed E-state index contributed by atoms with van der Waals surface area (Å²) in [5, 5.41) is 0. The minimum absolute atomic E-state index is 0.0343. The molecule has 1 aliphatic heterocycles. The monoisotopic (exact) mass is 349 g/mol. The number of piperazine rings is 1. The highest BCUT2D eigenvalue weighted by Crippen LogP contribution is 2.21. The molecule has 128 valence electrons. The van der Waals surface area contributed by atoms with E-state index >= 15 is 0 Å². The van der Waals surface area contributed by atoms with Crippen LogP contribution in [0.2, 0.25) is 0 Å². The summed E-state index contributed by atoms with van der Waals surface area (Å²) < 4.78 is 40.0. The van der Waals surface area contributed by atoms with E-state index in [-0.39, 0.29) is 4.90 Å². The molecule has 3 rings (SSSR count). The van der Waals surface area contributed by atoms with Gasteiger partial charge < -0.3 is 9.80 Å². The Morgan fingerprint density at radius 1 is 0.917 bits per heavy atom. The van der Waals surface area contributed by atoms with Gasteiger partial charge in [-0.3, -0.25) is 4.72 Å². The summed E-state index contributed by atoms with van der Waals surface area (Å²) in [6, 6.07) is 12.1. The zero-order valence-electron chi connectivity index (χ0n) is 13.4. The van der Waals surface area contributed by atoms with E-state index in [9.17, 15) is 12.8 Å². The third-order valence-electron chi connectivity index (χ3n) is 4.11. The van der Waals surface area contributed by atoms with Crippen LogP contribution in [0.1, 0.15) is 0 Å². The van der Waals surface area contributed by atoms with E-state index in [1.54, 1.807) is 12.1 Å². The predicted molar refractivity (Wildman–Crippen MR) is 93.4 cm³/mol. The maximum Gasteiger partial charge on any atom is 0.261 e. The lowest BCUT2D eigenvalue weighted by Gasteiger charge is -2.34. The van der Waals surface area contributed by atoms with Gasteiger partial charge in [-0.1, -0.05) is 0 Å². The zero-order chi connectivity index (χ0) is 17.2. The summed E-state index contributed by atoms with van der Waals surface area (Å²) in [6.45, 7) is 3.94. The molecule has 7 heteroatoms. The molecule has 0 aromatic heterocycles. The van der Waals surface area contributed by atoms with Crippen molar-refractivity contribution >= 4 is 21.4 Å². The predicted octanol–water partition coefficient (Wildman–Crippen LogP) is 2.38. The average molecular weight is 349 g/mol. The standard InChI is InChI=1S/C17H20FN3O2S/c1-20-10-12-21(13-11-20)16-6-4-15(5-7-16)19-24(22,23)17-8-2-14(18)3-9-17/h2-9,19H,10-13H2,1H3. The Kier molecular flexibility index (Phi) is 4.73. The zero-order valence-corrected chi connectivity index (χ0v) is 14.3. The molecule has 2 aromatic rings. The normalized spacial score (nSPS) is 16.2. The summed E-state index contributed by atoms with van der Waals surface area (Å²) >= 11 is 0. The molecule has 0 unspecified atom stereocenters. The molecule has 1 aliphatic rings. The summed E-state index contributed by atoms with van der Waals surface area (Å²) in [5.41, 5.74) is 1.56. The van der Waals surface area contributed by atoms with Gasteiger partial charge in [-0.15, -0.1) is 0 Å². The molecule has 0 saturated carbocycles. The lowest BCUT2D eigenvalue weighted by Crippen LogP contribution is -2.44. The number of sulfonamides is 1. The third-order valence-corrected chi connectivity index (χ3v) is 5.51. The fraction of sp³-hybridized carbons (Fsp3) is 0.294. The van der Waals surface area contributed by atoms with Crippen LogP contribution in [-0.4, -0.2) is 46.5 Å². The van der Waals surface area contributed by atoms with Gasteiger partial charge in [-0.25, -0.2) is 12.8 Å². The summed E-state index contributed by atoms with van der Waals surface area (Å²) in [5.74, 6) is -0.467. The van der Waals surface area contributed by atoms with Crippen molar-refractivity contribution in [2.75, 3.05) is 42.8 Å². The van der Waals surface area contributed by atoms with E-state index < -0.39 is 15.8 Å². The number of hydrogen-bond donors (Lipinski definition) is 1. The molecule has 0 atom stereocenters. The number of rotatable bonds is 4. The van der Waals surface area contributed by atoms with Crippen molar-refractivity contribution in [1.29, 1.82) is 0 Å². The van der Waals surface area contributed by atoms with Crippen LogP contribution >= 0.6 is 0 Å². The molecule has 1 heterocycles. The number of nitrogens with one attached hydrogen (secondary N) is 1. The Balaban J connectivity index is 1.70. The van der Waals surface area contributed by atoms with Gasteiger partial charge >= 0.3 is 0 Å². The average Bonchev–Trinajstić information content (AvgIpc) is 2.56. The van der Waals surface area contributed by atoms with Crippen LogP contribution in [0.5, 0.6) is 0 Å². The number of nitrogens with zero attached hydrogens (tertiary/aromatic N) is 2. The van der Waals surface area contributed by atoms with E-state index in [1.807, 2.05) is 12.1 Å². The quantitative estimate of drug-likeness (QED) is 0.921. The first-order valence-electron chi connectivity index (χ1n) is 7.76. The highest BCUT2D eigenvalue weighted by molar-refractivity contribution is 7.92. The van der Waals surface area contributed by atoms with Gasteiger partial charge in [0.05, 0.1) is 4.90 Å².